The van der Waals surface area contributed by atoms with Crippen LogP contribution in [0.25, 0.3) is 0 Å². The van der Waals surface area contributed by atoms with E-state index in [9.17, 15) is 9.59 Å². The molecule has 10 nitrogen and oxygen atoms in total. The second kappa shape index (κ2) is 11.3. The van der Waals surface area contributed by atoms with E-state index >= 15 is 0 Å². The number of hydrogen-bond donors (Lipinski definition) is 1. The van der Waals surface area contributed by atoms with Gasteiger partial charge in [-0.2, -0.15) is 5.10 Å². The average Bonchev–Trinajstić information content (AvgIpc) is 3.58. The first-order valence-corrected chi connectivity index (χ1v) is 12.8. The lowest BCUT2D eigenvalue weighted by Gasteiger charge is -2.27. The summed E-state index contributed by atoms with van der Waals surface area (Å²) < 4.78 is 12.5. The molecule has 2 aromatic rings. The molecule has 10 heteroatoms. The van der Waals surface area contributed by atoms with Crippen LogP contribution in [0.5, 0.6) is 0 Å². The zero-order valence-corrected chi connectivity index (χ0v) is 21.4. The lowest BCUT2D eigenvalue weighted by molar-refractivity contribution is 0.0719. The zero-order valence-electron chi connectivity index (χ0n) is 21.4. The normalized spacial score (nSPS) is 18.3. The van der Waals surface area contributed by atoms with Gasteiger partial charge in [0.2, 0.25) is 0 Å². The van der Waals surface area contributed by atoms with E-state index in [2.05, 4.69) is 41.2 Å². The van der Waals surface area contributed by atoms with Crippen molar-refractivity contribution < 1.29 is 18.8 Å². The molecule has 35 heavy (non-hydrogen) atoms. The van der Waals surface area contributed by atoms with Gasteiger partial charge in [-0.25, -0.2) is 0 Å². The number of fused-ring (bicyclic) bond motifs is 1. The van der Waals surface area contributed by atoms with Crippen molar-refractivity contribution in [2.75, 3.05) is 39.9 Å². The number of nitrogens with zero attached hydrogens (tertiary/aromatic N) is 5. The van der Waals surface area contributed by atoms with E-state index in [0.717, 1.165) is 43.6 Å². The van der Waals surface area contributed by atoms with E-state index in [1.165, 1.54) is 0 Å². The summed E-state index contributed by atoms with van der Waals surface area (Å²) in [6, 6.07) is 2.09. The van der Waals surface area contributed by atoms with Gasteiger partial charge in [0, 0.05) is 56.4 Å². The highest BCUT2D eigenvalue weighted by Gasteiger charge is 2.32. The first kappa shape index (κ1) is 25.4. The van der Waals surface area contributed by atoms with Crippen molar-refractivity contribution in [2.24, 2.45) is 5.92 Å². The van der Waals surface area contributed by atoms with Crippen molar-refractivity contribution >= 4 is 11.8 Å². The molecule has 2 aromatic heterocycles. The van der Waals surface area contributed by atoms with E-state index in [-0.39, 0.29) is 11.8 Å². The van der Waals surface area contributed by atoms with Gasteiger partial charge in [-0.15, -0.1) is 0 Å². The molecule has 0 saturated carbocycles. The summed E-state index contributed by atoms with van der Waals surface area (Å²) in [5.41, 5.74) is 2.51. The second-order valence-corrected chi connectivity index (χ2v) is 9.88. The van der Waals surface area contributed by atoms with Gasteiger partial charge in [0.1, 0.15) is 5.76 Å². The third kappa shape index (κ3) is 5.75. The standard InChI is InChI=1S/C25H38N6O4/c1-5-29-9-6-7-18(29)15-26-24(32)23-20-16-30(10-8-22(20)31(27-23)11-12-34-4)25(33)21-14-19(35-28-21)13-17(2)3/h14,17-18H,5-13,15-16H2,1-4H3,(H,26,32)/t18-/m1/s1. The van der Waals surface area contributed by atoms with E-state index < -0.39 is 0 Å². The van der Waals surface area contributed by atoms with Crippen molar-refractivity contribution in [3.8, 4) is 0 Å². The quantitative estimate of drug-likeness (QED) is 0.548. The molecule has 0 bridgehead atoms. The van der Waals surface area contributed by atoms with Crippen LogP contribution in [-0.2, 0) is 30.7 Å². The molecule has 1 atom stereocenters. The fraction of sp³-hybridized carbons (Fsp3) is 0.680. The Kier molecular flexibility index (Phi) is 8.22. The summed E-state index contributed by atoms with van der Waals surface area (Å²) in [5, 5.41) is 11.8. The Morgan fingerprint density at radius 1 is 1.31 bits per heavy atom. The van der Waals surface area contributed by atoms with Crippen LogP contribution in [-0.4, -0.2) is 82.5 Å². The number of likely N-dealkylation sites (tertiary alicyclic amines) is 1. The van der Waals surface area contributed by atoms with Gasteiger partial charge in [-0.05, 0) is 31.8 Å². The van der Waals surface area contributed by atoms with Gasteiger partial charge in [-0.1, -0.05) is 25.9 Å². The number of amides is 2. The predicted molar refractivity (Wildman–Crippen MR) is 130 cm³/mol. The Morgan fingerprint density at radius 2 is 2.14 bits per heavy atom. The van der Waals surface area contributed by atoms with Crippen LogP contribution in [0.15, 0.2) is 10.6 Å². The molecular weight excluding hydrogens is 448 g/mol. The van der Waals surface area contributed by atoms with Gasteiger partial charge in [0.05, 0.1) is 19.7 Å². The van der Waals surface area contributed by atoms with Crippen molar-refractivity contribution in [3.05, 3.63) is 34.5 Å². The first-order valence-electron chi connectivity index (χ1n) is 12.8. The number of likely N-dealkylation sites (N-methyl/N-ethyl adjacent to an activating group) is 1. The molecule has 4 heterocycles. The van der Waals surface area contributed by atoms with Crippen LogP contribution in [0, 0.1) is 5.92 Å². The van der Waals surface area contributed by atoms with Crippen molar-refractivity contribution in [3.63, 3.8) is 0 Å². The van der Waals surface area contributed by atoms with Crippen LogP contribution in [0.3, 0.4) is 0 Å². The Hall–Kier alpha value is -2.72. The number of nitrogens with one attached hydrogen (secondary N) is 1. The van der Waals surface area contributed by atoms with Crippen LogP contribution >= 0.6 is 0 Å². The molecular formula is C25H38N6O4. The molecule has 2 amide bonds. The fourth-order valence-electron chi connectivity index (χ4n) is 5.12. The molecule has 0 aliphatic carbocycles. The maximum atomic E-state index is 13.2. The lowest BCUT2D eigenvalue weighted by atomic mass is 10.0. The molecule has 0 aromatic carbocycles. The molecule has 1 saturated heterocycles. The molecule has 0 spiro atoms. The largest absolute Gasteiger partial charge is 0.383 e. The van der Waals surface area contributed by atoms with E-state index in [1.807, 2.05) is 4.68 Å². The minimum Gasteiger partial charge on any atom is -0.383 e. The number of hydrogen-bond acceptors (Lipinski definition) is 7. The van der Waals surface area contributed by atoms with Crippen LogP contribution < -0.4 is 5.32 Å². The smallest absolute Gasteiger partial charge is 0.276 e. The second-order valence-electron chi connectivity index (χ2n) is 9.88. The van der Waals surface area contributed by atoms with Gasteiger partial charge in [-0.3, -0.25) is 19.2 Å². The number of methoxy groups -OCH3 is 1. The molecule has 4 rings (SSSR count). The van der Waals surface area contributed by atoms with Gasteiger partial charge in [0.25, 0.3) is 11.8 Å². The van der Waals surface area contributed by atoms with Crippen LogP contribution in [0.1, 0.15) is 71.6 Å². The average molecular weight is 487 g/mol. The highest BCUT2D eigenvalue weighted by molar-refractivity contribution is 5.95. The summed E-state index contributed by atoms with van der Waals surface area (Å²) in [6.07, 6.45) is 3.60. The predicted octanol–water partition coefficient (Wildman–Crippen LogP) is 2.13. The summed E-state index contributed by atoms with van der Waals surface area (Å²) in [5.74, 6) is 0.753. The van der Waals surface area contributed by atoms with E-state index in [1.54, 1.807) is 18.1 Å². The Bertz CT molecular complexity index is 1030. The molecule has 192 valence electrons. The molecule has 2 aliphatic heterocycles. The van der Waals surface area contributed by atoms with Crippen molar-refractivity contribution in [1.29, 1.82) is 0 Å². The summed E-state index contributed by atoms with van der Waals surface area (Å²) in [4.78, 5) is 30.6. The summed E-state index contributed by atoms with van der Waals surface area (Å²) >= 11 is 0. The van der Waals surface area contributed by atoms with Crippen LogP contribution in [0.2, 0.25) is 0 Å². The van der Waals surface area contributed by atoms with Gasteiger partial charge < -0.3 is 19.5 Å². The third-order valence-electron chi connectivity index (χ3n) is 6.93. The minimum absolute atomic E-state index is 0.185. The summed E-state index contributed by atoms with van der Waals surface area (Å²) in [6.45, 7) is 10.9. The van der Waals surface area contributed by atoms with Crippen molar-refractivity contribution in [1.82, 2.24) is 30.1 Å². The SMILES string of the molecule is CCN1CCC[C@@H]1CNC(=O)c1nn(CCOC)c2c1CN(C(=O)c1cc(CC(C)C)on1)CC2. The van der Waals surface area contributed by atoms with E-state index in [0.29, 0.717) is 68.3 Å². The number of ether oxygens (including phenoxy) is 1. The number of rotatable bonds is 10. The topological polar surface area (TPSA) is 106 Å². The molecule has 1 fully saturated rings. The fourth-order valence-corrected chi connectivity index (χ4v) is 5.12. The monoisotopic (exact) mass is 486 g/mol. The molecule has 2 aliphatic rings. The first-order chi connectivity index (χ1) is 16.9. The number of carbonyl (C=O) groups is 2. The minimum atomic E-state index is -0.185. The van der Waals surface area contributed by atoms with Crippen molar-refractivity contribution in [2.45, 2.75) is 65.6 Å². The maximum Gasteiger partial charge on any atom is 0.276 e. The maximum absolute atomic E-state index is 13.2. The highest BCUT2D eigenvalue weighted by Crippen LogP contribution is 2.25. The van der Waals surface area contributed by atoms with E-state index in [4.69, 9.17) is 9.26 Å². The number of aromatic nitrogens is 3. The Morgan fingerprint density at radius 3 is 2.89 bits per heavy atom. The summed E-state index contributed by atoms with van der Waals surface area (Å²) in [7, 11) is 1.65. The molecule has 1 N–H and O–H groups in total. The zero-order chi connectivity index (χ0) is 24.9. The third-order valence-corrected chi connectivity index (χ3v) is 6.93. The Balaban J connectivity index is 1.50. The highest BCUT2D eigenvalue weighted by atomic mass is 16.5. The number of carbonyl (C=O) groups excluding carboxylic acids is 2. The Labute approximate surface area is 206 Å². The lowest BCUT2D eigenvalue weighted by Crippen LogP contribution is -2.41. The molecule has 0 radical (unpaired) electrons. The van der Waals surface area contributed by atoms with Crippen LogP contribution in [0.4, 0.5) is 0 Å². The van der Waals surface area contributed by atoms with Gasteiger partial charge in [0.15, 0.2) is 11.4 Å². The van der Waals surface area contributed by atoms with Gasteiger partial charge >= 0.3 is 0 Å². The molecule has 0 unspecified atom stereocenters.